The molecule has 0 radical (unpaired) electrons. The van der Waals surface area contributed by atoms with Crippen LogP contribution in [-0.2, 0) is 11.3 Å². The highest BCUT2D eigenvalue weighted by atomic mass is 32.2. The minimum absolute atomic E-state index is 0.0328. The molecule has 1 saturated heterocycles. The molecule has 3 aromatic rings. The van der Waals surface area contributed by atoms with Crippen molar-refractivity contribution in [2.75, 3.05) is 5.75 Å². The van der Waals surface area contributed by atoms with Gasteiger partial charge in [0.1, 0.15) is 11.1 Å². The fourth-order valence-corrected chi connectivity index (χ4v) is 5.32. The number of hydrogen-bond acceptors (Lipinski definition) is 4. The molecular formula is C26H28N2O3S. The third kappa shape index (κ3) is 4.75. The van der Waals surface area contributed by atoms with Crippen LogP contribution in [0.1, 0.15) is 63.1 Å². The summed E-state index contributed by atoms with van der Waals surface area (Å²) in [5.74, 6) is 1.21. The number of rotatable bonds is 7. The first-order valence-electron chi connectivity index (χ1n) is 10.9. The number of carbonyl (C=O) groups is 2. The fourth-order valence-electron chi connectivity index (χ4n) is 4.13. The lowest BCUT2D eigenvalue weighted by molar-refractivity contribution is -0.128. The zero-order valence-corrected chi connectivity index (χ0v) is 19.4. The summed E-state index contributed by atoms with van der Waals surface area (Å²) in [6.45, 7) is 6.68. The van der Waals surface area contributed by atoms with Crippen LogP contribution >= 0.6 is 11.8 Å². The summed E-state index contributed by atoms with van der Waals surface area (Å²) in [7, 11) is 0. The lowest BCUT2D eigenvalue weighted by atomic mass is 9.97. The first-order chi connectivity index (χ1) is 15.5. The second kappa shape index (κ2) is 9.65. The van der Waals surface area contributed by atoms with Gasteiger partial charge < -0.3 is 14.6 Å². The fraction of sp³-hybridized carbons (Fsp3) is 0.308. The van der Waals surface area contributed by atoms with E-state index in [1.165, 1.54) is 11.1 Å². The second-order valence-electron chi connectivity index (χ2n) is 8.18. The zero-order valence-electron chi connectivity index (χ0n) is 18.6. The van der Waals surface area contributed by atoms with Crippen LogP contribution in [0.5, 0.6) is 0 Å². The van der Waals surface area contributed by atoms with E-state index in [2.05, 4.69) is 44.3 Å². The third-order valence-corrected chi connectivity index (χ3v) is 7.10. The largest absolute Gasteiger partial charge is 0.467 e. The standard InChI is InChI=1S/C26H28N2O3S/c1-4-23(22-12-7-17(2)14-18(22)3)27-25(30)19-8-10-20(11-9-19)26-28(24(29)16-32-26)15-21-6-5-13-31-21/h5-14,23,26H,4,15-16H2,1-3H3,(H,27,30)/t23-,26+/m0/s1. The molecule has 0 unspecified atom stereocenters. The Hall–Kier alpha value is -2.99. The molecule has 4 rings (SSSR count). The summed E-state index contributed by atoms with van der Waals surface area (Å²) in [6.07, 6.45) is 2.43. The van der Waals surface area contributed by atoms with Crippen LogP contribution in [0.25, 0.3) is 0 Å². The Kier molecular flexibility index (Phi) is 6.70. The molecule has 0 spiro atoms. The quantitative estimate of drug-likeness (QED) is 0.515. The second-order valence-corrected chi connectivity index (χ2v) is 9.25. The number of amides is 2. The Morgan fingerprint density at radius 3 is 2.62 bits per heavy atom. The number of benzene rings is 2. The Morgan fingerprint density at radius 2 is 1.97 bits per heavy atom. The van der Waals surface area contributed by atoms with E-state index >= 15 is 0 Å². The van der Waals surface area contributed by atoms with Crippen molar-refractivity contribution in [2.24, 2.45) is 0 Å². The maximum absolute atomic E-state index is 12.9. The highest BCUT2D eigenvalue weighted by Crippen LogP contribution is 2.39. The summed E-state index contributed by atoms with van der Waals surface area (Å²) in [5.41, 5.74) is 5.17. The van der Waals surface area contributed by atoms with Crippen molar-refractivity contribution in [3.8, 4) is 0 Å². The number of aryl methyl sites for hydroxylation is 2. The van der Waals surface area contributed by atoms with Gasteiger partial charge in [-0.3, -0.25) is 9.59 Å². The number of carbonyl (C=O) groups excluding carboxylic acids is 2. The average Bonchev–Trinajstić information content (AvgIpc) is 3.43. The predicted octanol–water partition coefficient (Wildman–Crippen LogP) is 5.55. The van der Waals surface area contributed by atoms with Gasteiger partial charge in [0.2, 0.25) is 5.91 Å². The lowest BCUT2D eigenvalue weighted by Gasteiger charge is -2.23. The van der Waals surface area contributed by atoms with E-state index in [1.54, 1.807) is 18.0 Å². The first-order valence-corrected chi connectivity index (χ1v) is 11.9. The molecule has 32 heavy (non-hydrogen) atoms. The monoisotopic (exact) mass is 448 g/mol. The molecule has 1 N–H and O–H groups in total. The van der Waals surface area contributed by atoms with Crippen molar-refractivity contribution in [1.82, 2.24) is 10.2 Å². The molecular weight excluding hydrogens is 420 g/mol. The molecule has 1 aliphatic heterocycles. The summed E-state index contributed by atoms with van der Waals surface area (Å²) < 4.78 is 5.42. The van der Waals surface area contributed by atoms with E-state index in [-0.39, 0.29) is 23.2 Å². The Labute approximate surface area is 193 Å². The van der Waals surface area contributed by atoms with Crippen LogP contribution < -0.4 is 5.32 Å². The van der Waals surface area contributed by atoms with Gasteiger partial charge in [-0.25, -0.2) is 0 Å². The SMILES string of the molecule is CC[C@H](NC(=O)c1ccc([C@H]2SCC(=O)N2Cc2ccco2)cc1)c1ccc(C)cc1C. The van der Waals surface area contributed by atoms with Crippen molar-refractivity contribution in [3.05, 3.63) is 94.4 Å². The van der Waals surface area contributed by atoms with Gasteiger partial charge >= 0.3 is 0 Å². The molecule has 2 amide bonds. The predicted molar refractivity (Wildman–Crippen MR) is 127 cm³/mol. The van der Waals surface area contributed by atoms with Crippen molar-refractivity contribution < 1.29 is 14.0 Å². The average molecular weight is 449 g/mol. The van der Waals surface area contributed by atoms with Crippen molar-refractivity contribution >= 4 is 23.6 Å². The van der Waals surface area contributed by atoms with Gasteiger partial charge in [0.05, 0.1) is 24.6 Å². The number of furan rings is 1. The van der Waals surface area contributed by atoms with Crippen molar-refractivity contribution in [2.45, 2.75) is 45.2 Å². The van der Waals surface area contributed by atoms with Crippen LogP contribution in [-0.4, -0.2) is 22.5 Å². The molecule has 1 aliphatic rings. The van der Waals surface area contributed by atoms with Gasteiger partial charge in [-0.05, 0) is 61.2 Å². The van der Waals surface area contributed by atoms with Gasteiger partial charge in [-0.1, -0.05) is 42.8 Å². The summed E-state index contributed by atoms with van der Waals surface area (Å²) in [4.78, 5) is 27.2. The van der Waals surface area contributed by atoms with E-state index in [0.29, 0.717) is 17.9 Å². The van der Waals surface area contributed by atoms with Gasteiger partial charge in [0.25, 0.3) is 5.91 Å². The Bertz CT molecular complexity index is 1090. The molecule has 0 aliphatic carbocycles. The van der Waals surface area contributed by atoms with Gasteiger partial charge in [-0.2, -0.15) is 0 Å². The number of hydrogen-bond donors (Lipinski definition) is 1. The molecule has 5 nitrogen and oxygen atoms in total. The maximum atomic E-state index is 12.9. The van der Waals surface area contributed by atoms with Crippen molar-refractivity contribution in [3.63, 3.8) is 0 Å². The number of nitrogens with one attached hydrogen (secondary N) is 1. The molecule has 1 aromatic heterocycles. The molecule has 2 atom stereocenters. The van der Waals surface area contributed by atoms with Crippen LogP contribution in [0, 0.1) is 13.8 Å². The summed E-state index contributed by atoms with van der Waals surface area (Å²) in [6, 6.07) is 17.6. The van der Waals surface area contributed by atoms with Gasteiger partial charge in [-0.15, -0.1) is 11.8 Å². The number of thioether (sulfide) groups is 1. The third-order valence-electron chi connectivity index (χ3n) is 5.85. The molecule has 1 fully saturated rings. The van der Waals surface area contributed by atoms with E-state index in [9.17, 15) is 9.59 Å². The highest BCUT2D eigenvalue weighted by molar-refractivity contribution is 8.00. The molecule has 2 aromatic carbocycles. The van der Waals surface area contributed by atoms with E-state index in [1.807, 2.05) is 41.3 Å². The number of nitrogens with zero attached hydrogens (tertiary/aromatic N) is 1. The molecule has 2 heterocycles. The van der Waals surface area contributed by atoms with E-state index < -0.39 is 0 Å². The molecule has 0 saturated carbocycles. The van der Waals surface area contributed by atoms with Crippen LogP contribution in [0.15, 0.2) is 65.3 Å². The normalized spacial score (nSPS) is 16.9. The zero-order chi connectivity index (χ0) is 22.7. The van der Waals surface area contributed by atoms with Crippen molar-refractivity contribution in [1.29, 1.82) is 0 Å². The summed E-state index contributed by atoms with van der Waals surface area (Å²) >= 11 is 1.60. The summed E-state index contributed by atoms with van der Waals surface area (Å²) in [5, 5.41) is 3.09. The molecule has 6 heteroatoms. The Morgan fingerprint density at radius 1 is 1.19 bits per heavy atom. The smallest absolute Gasteiger partial charge is 0.251 e. The van der Waals surface area contributed by atoms with Gasteiger partial charge in [0.15, 0.2) is 0 Å². The first kappa shape index (κ1) is 22.2. The lowest BCUT2D eigenvalue weighted by Crippen LogP contribution is -2.29. The maximum Gasteiger partial charge on any atom is 0.251 e. The van der Waals surface area contributed by atoms with Gasteiger partial charge in [0, 0.05) is 5.56 Å². The minimum atomic E-state index is -0.0917. The van der Waals surface area contributed by atoms with Crippen LogP contribution in [0.3, 0.4) is 0 Å². The topological polar surface area (TPSA) is 62.6 Å². The van der Waals surface area contributed by atoms with Crippen LogP contribution in [0.4, 0.5) is 0 Å². The Balaban J connectivity index is 1.46. The van der Waals surface area contributed by atoms with Crippen LogP contribution in [0.2, 0.25) is 0 Å². The minimum Gasteiger partial charge on any atom is -0.467 e. The molecule has 0 bridgehead atoms. The highest BCUT2D eigenvalue weighted by Gasteiger charge is 2.33. The van der Waals surface area contributed by atoms with E-state index in [4.69, 9.17) is 4.42 Å². The molecule has 166 valence electrons. The van der Waals surface area contributed by atoms with E-state index in [0.717, 1.165) is 23.3 Å².